The number of halogens is 2. The summed E-state index contributed by atoms with van der Waals surface area (Å²) in [6, 6.07) is 15.8. The smallest absolute Gasteiger partial charge is 0.287 e. The average molecular weight is 448 g/mol. The summed E-state index contributed by atoms with van der Waals surface area (Å²) in [5, 5.41) is 13.9. The first-order valence-corrected chi connectivity index (χ1v) is 10.3. The van der Waals surface area contributed by atoms with Crippen molar-refractivity contribution in [1.29, 1.82) is 0 Å². The van der Waals surface area contributed by atoms with Gasteiger partial charge in [0.1, 0.15) is 18.1 Å². The van der Waals surface area contributed by atoms with Crippen molar-refractivity contribution >= 4 is 29.1 Å². The van der Waals surface area contributed by atoms with Crippen molar-refractivity contribution in [3.8, 4) is 5.75 Å². The monoisotopic (exact) mass is 447 g/mol. The fourth-order valence-corrected chi connectivity index (χ4v) is 3.28. The number of carbonyl (C=O) groups excluding carboxylic acids is 1. The van der Waals surface area contributed by atoms with Gasteiger partial charge in [0.25, 0.3) is 5.91 Å². The van der Waals surface area contributed by atoms with Crippen LogP contribution in [0.2, 0.25) is 10.0 Å². The second kappa shape index (κ2) is 10.0. The van der Waals surface area contributed by atoms with Crippen molar-refractivity contribution in [2.24, 2.45) is 0 Å². The van der Waals surface area contributed by atoms with Gasteiger partial charge in [-0.05, 0) is 47.4 Å². The van der Waals surface area contributed by atoms with Gasteiger partial charge >= 0.3 is 0 Å². The molecule has 30 heavy (non-hydrogen) atoms. The molecule has 0 aliphatic heterocycles. The molecule has 0 aliphatic carbocycles. The Hall–Kier alpha value is -2.47. The lowest BCUT2D eigenvalue weighted by atomic mass is 10.00. The Kier molecular flexibility index (Phi) is 7.43. The molecule has 1 unspecified atom stereocenters. The number of aliphatic hydroxyl groups is 1. The van der Waals surface area contributed by atoms with Crippen LogP contribution in [0.1, 0.15) is 53.3 Å². The van der Waals surface area contributed by atoms with E-state index < -0.39 is 12.0 Å². The minimum absolute atomic E-state index is 0.0762. The highest BCUT2D eigenvalue weighted by atomic mass is 35.5. The second-order valence-electron chi connectivity index (χ2n) is 7.18. The summed E-state index contributed by atoms with van der Waals surface area (Å²) >= 11 is 11.9. The molecule has 2 N–H and O–H groups in total. The van der Waals surface area contributed by atoms with Crippen molar-refractivity contribution in [3.05, 3.63) is 87.3 Å². The van der Waals surface area contributed by atoms with Crippen LogP contribution in [-0.2, 0) is 6.61 Å². The predicted octanol–water partition coefficient (Wildman–Crippen LogP) is 5.75. The molecule has 158 valence electrons. The van der Waals surface area contributed by atoms with E-state index in [1.165, 1.54) is 5.56 Å². The number of carbonyl (C=O) groups is 1. The first kappa shape index (κ1) is 22.2. The van der Waals surface area contributed by atoms with E-state index in [-0.39, 0.29) is 18.9 Å². The first-order chi connectivity index (χ1) is 14.3. The summed E-state index contributed by atoms with van der Waals surface area (Å²) in [7, 11) is 0. The summed E-state index contributed by atoms with van der Waals surface area (Å²) in [4.78, 5) is 12.3. The maximum Gasteiger partial charge on any atom is 0.287 e. The van der Waals surface area contributed by atoms with E-state index in [1.807, 2.05) is 24.3 Å². The maximum absolute atomic E-state index is 12.3. The summed E-state index contributed by atoms with van der Waals surface area (Å²) in [6.45, 7) is 4.41. The van der Waals surface area contributed by atoms with Gasteiger partial charge in [-0.2, -0.15) is 0 Å². The number of amides is 1. The molecular formula is C23H23Cl2NO4. The van der Waals surface area contributed by atoms with E-state index in [9.17, 15) is 9.90 Å². The Morgan fingerprint density at radius 3 is 2.43 bits per heavy atom. The number of furan rings is 1. The standard InChI is InChI=1S/C23H23Cl2NO4/c1-14(2)15-3-5-16(6-4-15)20(27)12-26-23(28)22-10-8-18(30-22)13-29-21-9-7-17(24)11-19(21)25/h3-11,14,20,27H,12-13H2,1-2H3,(H,26,28). The Labute approximate surface area is 185 Å². The van der Waals surface area contributed by atoms with E-state index in [0.717, 1.165) is 5.56 Å². The van der Waals surface area contributed by atoms with Crippen molar-refractivity contribution < 1.29 is 19.1 Å². The molecule has 2 aromatic carbocycles. The zero-order chi connectivity index (χ0) is 21.7. The number of aliphatic hydroxyl groups excluding tert-OH is 1. The SMILES string of the molecule is CC(C)c1ccc(C(O)CNC(=O)c2ccc(COc3ccc(Cl)cc3Cl)o2)cc1. The van der Waals surface area contributed by atoms with Gasteiger partial charge in [-0.15, -0.1) is 0 Å². The summed E-state index contributed by atoms with van der Waals surface area (Å²) in [6.07, 6.45) is -0.806. The topological polar surface area (TPSA) is 71.7 Å². The van der Waals surface area contributed by atoms with Crippen LogP contribution in [0.3, 0.4) is 0 Å². The third-order valence-electron chi connectivity index (χ3n) is 4.59. The highest BCUT2D eigenvalue weighted by Gasteiger charge is 2.15. The molecular weight excluding hydrogens is 425 g/mol. The van der Waals surface area contributed by atoms with Gasteiger partial charge in [-0.1, -0.05) is 61.3 Å². The van der Waals surface area contributed by atoms with Crippen LogP contribution in [0.25, 0.3) is 0 Å². The Balaban J connectivity index is 1.51. The Morgan fingerprint density at radius 2 is 1.77 bits per heavy atom. The van der Waals surface area contributed by atoms with Gasteiger partial charge in [-0.25, -0.2) is 0 Å². The lowest BCUT2D eigenvalue weighted by Gasteiger charge is -2.13. The summed E-state index contributed by atoms with van der Waals surface area (Å²) < 4.78 is 11.1. The molecule has 3 aromatic rings. The number of nitrogens with one attached hydrogen (secondary N) is 1. The van der Waals surface area contributed by atoms with Crippen LogP contribution >= 0.6 is 23.2 Å². The third kappa shape index (κ3) is 5.79. The van der Waals surface area contributed by atoms with Crippen LogP contribution in [0, 0.1) is 0 Å². The maximum atomic E-state index is 12.3. The number of benzene rings is 2. The van der Waals surface area contributed by atoms with Gasteiger partial charge in [-0.3, -0.25) is 4.79 Å². The minimum atomic E-state index is -0.806. The van der Waals surface area contributed by atoms with Gasteiger partial charge in [0.05, 0.1) is 11.1 Å². The van der Waals surface area contributed by atoms with Gasteiger partial charge in [0, 0.05) is 11.6 Å². The van der Waals surface area contributed by atoms with Crippen LogP contribution in [0.5, 0.6) is 5.75 Å². The fraction of sp³-hybridized carbons (Fsp3) is 0.261. The van der Waals surface area contributed by atoms with Gasteiger partial charge in [0.2, 0.25) is 0 Å². The summed E-state index contributed by atoms with van der Waals surface area (Å²) in [5.41, 5.74) is 1.94. The molecule has 1 aromatic heterocycles. The molecule has 0 radical (unpaired) electrons. The van der Waals surface area contributed by atoms with Crippen molar-refractivity contribution in [2.45, 2.75) is 32.5 Å². The zero-order valence-corrected chi connectivity index (χ0v) is 18.2. The van der Waals surface area contributed by atoms with Crippen molar-refractivity contribution in [2.75, 3.05) is 6.54 Å². The molecule has 1 atom stereocenters. The lowest BCUT2D eigenvalue weighted by molar-refractivity contribution is 0.0885. The van der Waals surface area contributed by atoms with Crippen LogP contribution in [0.15, 0.2) is 59.0 Å². The van der Waals surface area contributed by atoms with Gasteiger partial charge in [0.15, 0.2) is 5.76 Å². The molecule has 3 rings (SSSR count). The molecule has 0 fully saturated rings. The average Bonchev–Trinajstić information content (AvgIpc) is 3.20. The molecule has 0 saturated carbocycles. The van der Waals surface area contributed by atoms with E-state index in [0.29, 0.717) is 27.5 Å². The molecule has 0 aliphatic rings. The zero-order valence-electron chi connectivity index (χ0n) is 16.7. The number of rotatable bonds is 8. The minimum Gasteiger partial charge on any atom is -0.484 e. The van der Waals surface area contributed by atoms with Crippen molar-refractivity contribution in [1.82, 2.24) is 5.32 Å². The van der Waals surface area contributed by atoms with E-state index in [2.05, 4.69) is 19.2 Å². The molecule has 0 saturated heterocycles. The normalized spacial score (nSPS) is 12.1. The highest BCUT2D eigenvalue weighted by molar-refractivity contribution is 6.35. The number of hydrogen-bond acceptors (Lipinski definition) is 4. The number of hydrogen-bond donors (Lipinski definition) is 2. The molecule has 0 spiro atoms. The first-order valence-electron chi connectivity index (χ1n) is 9.56. The van der Waals surface area contributed by atoms with Crippen molar-refractivity contribution in [3.63, 3.8) is 0 Å². The van der Waals surface area contributed by atoms with E-state index in [4.69, 9.17) is 32.4 Å². The lowest BCUT2D eigenvalue weighted by Crippen LogP contribution is -2.28. The van der Waals surface area contributed by atoms with E-state index in [1.54, 1.807) is 30.3 Å². The Bertz CT molecular complexity index is 999. The molecule has 1 amide bonds. The summed E-state index contributed by atoms with van der Waals surface area (Å²) in [5.74, 6) is 1.08. The van der Waals surface area contributed by atoms with Gasteiger partial charge < -0.3 is 19.6 Å². The molecule has 7 heteroatoms. The van der Waals surface area contributed by atoms with Crippen LogP contribution in [-0.4, -0.2) is 17.6 Å². The molecule has 1 heterocycles. The largest absolute Gasteiger partial charge is 0.484 e. The highest BCUT2D eigenvalue weighted by Crippen LogP contribution is 2.28. The second-order valence-corrected chi connectivity index (χ2v) is 8.02. The van der Waals surface area contributed by atoms with Crippen LogP contribution in [0.4, 0.5) is 0 Å². The fourth-order valence-electron chi connectivity index (χ4n) is 2.82. The predicted molar refractivity (Wildman–Crippen MR) is 117 cm³/mol. The molecule has 5 nitrogen and oxygen atoms in total. The van der Waals surface area contributed by atoms with E-state index >= 15 is 0 Å². The third-order valence-corrected chi connectivity index (χ3v) is 5.12. The quantitative estimate of drug-likeness (QED) is 0.460. The Morgan fingerprint density at radius 1 is 1.07 bits per heavy atom. The van der Waals surface area contributed by atoms with Crippen LogP contribution < -0.4 is 10.1 Å². The number of ether oxygens (including phenoxy) is 1. The molecule has 0 bridgehead atoms.